The molecule has 0 aromatic heterocycles. The molecule has 0 unspecified atom stereocenters. The summed E-state index contributed by atoms with van der Waals surface area (Å²) in [5, 5.41) is 2.93. The Kier molecular flexibility index (Phi) is 5.75. The van der Waals surface area contributed by atoms with E-state index in [-0.39, 0.29) is 13.2 Å². The number of hydrogen-bond acceptors (Lipinski definition) is 4. The van der Waals surface area contributed by atoms with Gasteiger partial charge in [0.25, 0.3) is 0 Å². The Morgan fingerprint density at radius 2 is 1.89 bits per heavy atom. The first-order valence-electron chi connectivity index (χ1n) is 5.56. The second-order valence-electron chi connectivity index (χ2n) is 3.66. The van der Waals surface area contributed by atoms with E-state index in [2.05, 4.69) is 10.1 Å². The molecule has 0 bridgehead atoms. The van der Waals surface area contributed by atoms with Crippen LogP contribution in [-0.4, -0.2) is 40.2 Å². The molecule has 0 spiro atoms. The number of rotatable bonds is 7. The third kappa shape index (κ3) is 5.69. The fraction of sp³-hybridized carbons (Fsp3) is 0.500. The van der Waals surface area contributed by atoms with E-state index in [0.717, 1.165) is 0 Å². The summed E-state index contributed by atoms with van der Waals surface area (Å²) in [6.45, 7) is -1.07. The van der Waals surface area contributed by atoms with Gasteiger partial charge in [-0.2, -0.15) is 13.2 Å². The lowest BCUT2D eigenvalue weighted by atomic mass is 10.2. The van der Waals surface area contributed by atoms with Crippen LogP contribution in [0.1, 0.15) is 0 Å². The van der Waals surface area contributed by atoms with Gasteiger partial charge in [0, 0.05) is 12.6 Å². The molecular weight excluding hydrogens is 263 g/mol. The first-order chi connectivity index (χ1) is 8.96. The maximum atomic E-state index is 11.8. The van der Waals surface area contributed by atoms with E-state index in [0.29, 0.717) is 17.2 Å². The summed E-state index contributed by atoms with van der Waals surface area (Å²) in [6, 6.07) is 5.13. The lowest BCUT2D eigenvalue weighted by Crippen LogP contribution is -2.20. The Morgan fingerprint density at radius 1 is 1.16 bits per heavy atom. The highest BCUT2D eigenvalue weighted by Gasteiger charge is 2.27. The van der Waals surface area contributed by atoms with Crippen LogP contribution in [0.3, 0.4) is 0 Å². The van der Waals surface area contributed by atoms with Gasteiger partial charge in [0.2, 0.25) is 0 Å². The van der Waals surface area contributed by atoms with Gasteiger partial charge >= 0.3 is 6.18 Å². The average Bonchev–Trinajstić information content (AvgIpc) is 2.36. The van der Waals surface area contributed by atoms with Gasteiger partial charge in [-0.3, -0.25) is 0 Å². The third-order valence-corrected chi connectivity index (χ3v) is 2.23. The van der Waals surface area contributed by atoms with Crippen molar-refractivity contribution >= 4 is 5.69 Å². The van der Waals surface area contributed by atoms with Gasteiger partial charge in [0.1, 0.15) is 18.1 Å². The Balaban J connectivity index is 2.43. The Labute approximate surface area is 109 Å². The van der Waals surface area contributed by atoms with Crippen molar-refractivity contribution in [1.29, 1.82) is 0 Å². The summed E-state index contributed by atoms with van der Waals surface area (Å²) in [7, 11) is 3.03. The van der Waals surface area contributed by atoms with Crippen molar-refractivity contribution in [3.63, 3.8) is 0 Å². The van der Waals surface area contributed by atoms with Gasteiger partial charge in [0.05, 0.1) is 26.5 Å². The SMILES string of the molecule is COc1ccc(OC)c(NCCOCC(F)(F)F)c1. The standard InChI is InChI=1S/C12H16F3NO3/c1-17-9-3-4-11(18-2)10(7-9)16-5-6-19-8-12(13,14)15/h3-4,7,16H,5-6,8H2,1-2H3. The first-order valence-corrected chi connectivity index (χ1v) is 5.56. The Morgan fingerprint density at radius 3 is 2.47 bits per heavy atom. The molecule has 7 heteroatoms. The van der Waals surface area contributed by atoms with E-state index in [1.165, 1.54) is 14.2 Å². The van der Waals surface area contributed by atoms with Crippen LogP contribution in [0, 0.1) is 0 Å². The van der Waals surface area contributed by atoms with Crippen molar-refractivity contribution in [2.45, 2.75) is 6.18 Å². The van der Waals surface area contributed by atoms with Crippen molar-refractivity contribution < 1.29 is 27.4 Å². The minimum Gasteiger partial charge on any atom is -0.497 e. The van der Waals surface area contributed by atoms with E-state index < -0.39 is 12.8 Å². The average molecular weight is 279 g/mol. The molecular formula is C12H16F3NO3. The number of benzene rings is 1. The van der Waals surface area contributed by atoms with Gasteiger partial charge in [0.15, 0.2) is 0 Å². The van der Waals surface area contributed by atoms with Crippen LogP contribution in [0.4, 0.5) is 18.9 Å². The molecule has 108 valence electrons. The van der Waals surface area contributed by atoms with Gasteiger partial charge < -0.3 is 19.5 Å². The van der Waals surface area contributed by atoms with Crippen LogP contribution in [-0.2, 0) is 4.74 Å². The van der Waals surface area contributed by atoms with E-state index in [4.69, 9.17) is 9.47 Å². The van der Waals surface area contributed by atoms with Crippen molar-refractivity contribution in [3.05, 3.63) is 18.2 Å². The number of halogens is 3. The van der Waals surface area contributed by atoms with Gasteiger partial charge in [-0.05, 0) is 12.1 Å². The fourth-order valence-electron chi connectivity index (χ4n) is 1.40. The lowest BCUT2D eigenvalue weighted by Gasteiger charge is -2.13. The van der Waals surface area contributed by atoms with E-state index in [1.54, 1.807) is 18.2 Å². The molecule has 19 heavy (non-hydrogen) atoms. The molecule has 4 nitrogen and oxygen atoms in total. The quantitative estimate of drug-likeness (QED) is 0.779. The minimum absolute atomic E-state index is 0.0557. The third-order valence-electron chi connectivity index (χ3n) is 2.23. The van der Waals surface area contributed by atoms with Crippen molar-refractivity contribution in [1.82, 2.24) is 0 Å². The van der Waals surface area contributed by atoms with Crippen LogP contribution in [0.25, 0.3) is 0 Å². The summed E-state index contributed by atoms with van der Waals surface area (Å²) < 4.78 is 50.2. The van der Waals surface area contributed by atoms with Gasteiger partial charge in [-0.1, -0.05) is 0 Å². The number of ether oxygens (including phenoxy) is 3. The van der Waals surface area contributed by atoms with Crippen LogP contribution in [0.2, 0.25) is 0 Å². The summed E-state index contributed by atoms with van der Waals surface area (Å²) in [6.07, 6.45) is -4.30. The second-order valence-corrected chi connectivity index (χ2v) is 3.66. The van der Waals surface area contributed by atoms with Crippen molar-refractivity contribution in [2.75, 3.05) is 39.3 Å². The zero-order valence-corrected chi connectivity index (χ0v) is 10.7. The molecule has 0 atom stereocenters. The van der Waals surface area contributed by atoms with E-state index >= 15 is 0 Å². The highest BCUT2D eigenvalue weighted by molar-refractivity contribution is 5.59. The molecule has 0 heterocycles. The molecule has 1 aromatic carbocycles. The van der Waals surface area contributed by atoms with E-state index in [9.17, 15) is 13.2 Å². The Bertz CT molecular complexity index is 396. The van der Waals surface area contributed by atoms with Crippen LogP contribution in [0.5, 0.6) is 11.5 Å². The van der Waals surface area contributed by atoms with Gasteiger partial charge in [-0.15, -0.1) is 0 Å². The minimum atomic E-state index is -4.30. The predicted molar refractivity (Wildman–Crippen MR) is 64.9 cm³/mol. The maximum Gasteiger partial charge on any atom is 0.411 e. The summed E-state index contributed by atoms with van der Waals surface area (Å²) in [5.41, 5.74) is 0.637. The molecule has 0 saturated heterocycles. The van der Waals surface area contributed by atoms with Crippen molar-refractivity contribution in [3.8, 4) is 11.5 Å². The van der Waals surface area contributed by atoms with E-state index in [1.807, 2.05) is 0 Å². The number of alkyl halides is 3. The fourth-order valence-corrected chi connectivity index (χ4v) is 1.40. The van der Waals surface area contributed by atoms with Gasteiger partial charge in [-0.25, -0.2) is 0 Å². The largest absolute Gasteiger partial charge is 0.497 e. The van der Waals surface area contributed by atoms with Crippen LogP contribution >= 0.6 is 0 Å². The Hall–Kier alpha value is -1.63. The topological polar surface area (TPSA) is 39.7 Å². The number of hydrogen-bond donors (Lipinski definition) is 1. The van der Waals surface area contributed by atoms with Crippen molar-refractivity contribution in [2.24, 2.45) is 0 Å². The number of methoxy groups -OCH3 is 2. The molecule has 1 rings (SSSR count). The maximum absolute atomic E-state index is 11.8. The molecule has 0 aliphatic rings. The monoisotopic (exact) mass is 279 g/mol. The molecule has 0 aliphatic carbocycles. The normalized spacial score (nSPS) is 11.2. The smallest absolute Gasteiger partial charge is 0.411 e. The lowest BCUT2D eigenvalue weighted by molar-refractivity contribution is -0.172. The van der Waals surface area contributed by atoms with Crippen LogP contribution in [0.15, 0.2) is 18.2 Å². The predicted octanol–water partition coefficient (Wildman–Crippen LogP) is 2.69. The molecule has 1 aromatic rings. The van der Waals surface area contributed by atoms with Crippen LogP contribution < -0.4 is 14.8 Å². The second kappa shape index (κ2) is 7.08. The highest BCUT2D eigenvalue weighted by Crippen LogP contribution is 2.28. The number of nitrogens with one attached hydrogen (secondary N) is 1. The first kappa shape index (κ1) is 15.4. The zero-order valence-electron chi connectivity index (χ0n) is 10.7. The summed E-state index contributed by atoms with van der Waals surface area (Å²) in [5.74, 6) is 1.20. The zero-order chi connectivity index (χ0) is 14.3. The highest BCUT2D eigenvalue weighted by atomic mass is 19.4. The molecule has 0 aliphatic heterocycles. The summed E-state index contributed by atoms with van der Waals surface area (Å²) >= 11 is 0. The molecule has 0 fully saturated rings. The molecule has 0 radical (unpaired) electrons. The molecule has 1 N–H and O–H groups in total. The molecule has 0 saturated carbocycles. The molecule has 0 amide bonds. The number of anilines is 1. The summed E-state index contributed by atoms with van der Waals surface area (Å²) in [4.78, 5) is 0.